The van der Waals surface area contributed by atoms with Crippen LogP contribution in [-0.2, 0) is 0 Å². The minimum Gasteiger partial charge on any atom is -0.461 e. The van der Waals surface area contributed by atoms with Crippen LogP contribution >= 0.6 is 23.1 Å². The fourth-order valence-electron chi connectivity index (χ4n) is 1.68. The van der Waals surface area contributed by atoms with E-state index in [9.17, 15) is 10.1 Å². The van der Waals surface area contributed by atoms with E-state index in [4.69, 9.17) is 4.42 Å². The van der Waals surface area contributed by atoms with Crippen LogP contribution in [-0.4, -0.2) is 32.3 Å². The van der Waals surface area contributed by atoms with Crippen molar-refractivity contribution in [1.82, 2.24) is 14.9 Å². The van der Waals surface area contributed by atoms with Gasteiger partial charge in [0.1, 0.15) is 0 Å². The molecule has 3 heterocycles. The van der Waals surface area contributed by atoms with Gasteiger partial charge < -0.3 is 4.42 Å². The van der Waals surface area contributed by atoms with Gasteiger partial charge in [-0.3, -0.25) is 10.1 Å². The molecule has 0 unspecified atom stereocenters. The van der Waals surface area contributed by atoms with Gasteiger partial charge in [0, 0.05) is 6.07 Å². The Morgan fingerprint density at radius 1 is 1.45 bits per heavy atom. The first-order valence-electron chi connectivity index (χ1n) is 6.01. The third kappa shape index (κ3) is 2.78. The van der Waals surface area contributed by atoms with Crippen LogP contribution in [0.2, 0.25) is 0 Å². The van der Waals surface area contributed by atoms with Crippen LogP contribution in [0.15, 0.2) is 45.2 Å². The van der Waals surface area contributed by atoms with Crippen molar-refractivity contribution in [2.75, 3.05) is 6.26 Å². The Morgan fingerprint density at radius 3 is 2.95 bits per heavy atom. The van der Waals surface area contributed by atoms with Gasteiger partial charge in [0.15, 0.2) is 5.76 Å². The molecular formula is C12H9N5O3S2. The summed E-state index contributed by atoms with van der Waals surface area (Å²) < 4.78 is 6.85. The van der Waals surface area contributed by atoms with Crippen molar-refractivity contribution in [3.05, 3.63) is 45.5 Å². The lowest BCUT2D eigenvalue weighted by Crippen LogP contribution is -1.95. The fourth-order valence-corrected chi connectivity index (χ4v) is 2.80. The van der Waals surface area contributed by atoms with Gasteiger partial charge in [-0.15, -0.1) is 10.2 Å². The Kier molecular flexibility index (Phi) is 4.02. The molecule has 0 aliphatic rings. The summed E-state index contributed by atoms with van der Waals surface area (Å²) in [7, 11) is 0. The zero-order valence-corrected chi connectivity index (χ0v) is 12.9. The molecule has 3 rings (SSSR count). The monoisotopic (exact) mass is 335 g/mol. The average Bonchev–Trinajstić information content (AvgIpc) is 3.24. The molecule has 0 spiro atoms. The zero-order valence-electron chi connectivity index (χ0n) is 11.2. The molecule has 0 aliphatic carbocycles. The molecule has 0 saturated carbocycles. The second kappa shape index (κ2) is 6.12. The van der Waals surface area contributed by atoms with E-state index >= 15 is 0 Å². The van der Waals surface area contributed by atoms with Crippen molar-refractivity contribution in [3.8, 4) is 11.6 Å². The van der Waals surface area contributed by atoms with Crippen molar-refractivity contribution in [2.45, 2.75) is 5.16 Å². The molecule has 112 valence electrons. The van der Waals surface area contributed by atoms with Gasteiger partial charge in [0.2, 0.25) is 11.0 Å². The second-order valence-electron chi connectivity index (χ2n) is 3.98. The molecule has 0 N–H and O–H groups in total. The predicted molar refractivity (Wildman–Crippen MR) is 83.5 cm³/mol. The minimum atomic E-state index is -0.428. The number of aromatic nitrogens is 3. The Bertz CT molecular complexity index is 822. The van der Waals surface area contributed by atoms with E-state index in [2.05, 4.69) is 15.3 Å². The van der Waals surface area contributed by atoms with Gasteiger partial charge >= 0.3 is 5.00 Å². The fraction of sp³-hybridized carbons (Fsp3) is 0.0833. The Balaban J connectivity index is 1.95. The number of nitro groups is 1. The topological polar surface area (TPSA) is 99.3 Å². The second-order valence-corrected chi connectivity index (χ2v) is 5.84. The number of hydrogen-bond donors (Lipinski definition) is 0. The van der Waals surface area contributed by atoms with Gasteiger partial charge in [0.25, 0.3) is 0 Å². The average molecular weight is 335 g/mol. The normalized spacial score (nSPS) is 11.3. The first-order chi connectivity index (χ1) is 10.7. The van der Waals surface area contributed by atoms with Crippen LogP contribution in [0.1, 0.15) is 4.88 Å². The van der Waals surface area contributed by atoms with Gasteiger partial charge in [-0.25, -0.2) is 0 Å². The lowest BCUT2D eigenvalue weighted by molar-refractivity contribution is -0.380. The highest BCUT2D eigenvalue weighted by molar-refractivity contribution is 7.98. The largest absolute Gasteiger partial charge is 0.461 e. The van der Waals surface area contributed by atoms with Crippen molar-refractivity contribution >= 4 is 34.3 Å². The highest BCUT2D eigenvalue weighted by atomic mass is 32.2. The SMILES string of the molecule is CSc1nnc(-c2ccco2)n1N=Cc1ccc([N+](=O)[O-])s1. The molecule has 22 heavy (non-hydrogen) atoms. The summed E-state index contributed by atoms with van der Waals surface area (Å²) in [6, 6.07) is 6.60. The van der Waals surface area contributed by atoms with Crippen LogP contribution < -0.4 is 0 Å². The highest BCUT2D eigenvalue weighted by Crippen LogP contribution is 2.25. The van der Waals surface area contributed by atoms with E-state index in [-0.39, 0.29) is 5.00 Å². The van der Waals surface area contributed by atoms with Crippen LogP contribution in [0, 0.1) is 10.1 Å². The summed E-state index contributed by atoms with van der Waals surface area (Å²) in [6.45, 7) is 0. The molecule has 0 fully saturated rings. The molecule has 0 atom stereocenters. The highest BCUT2D eigenvalue weighted by Gasteiger charge is 2.15. The molecule has 0 radical (unpaired) electrons. The molecule has 0 aromatic carbocycles. The quantitative estimate of drug-likeness (QED) is 0.307. The summed E-state index contributed by atoms with van der Waals surface area (Å²) in [4.78, 5) is 10.9. The Hall–Kier alpha value is -2.46. The van der Waals surface area contributed by atoms with E-state index in [1.54, 1.807) is 24.5 Å². The molecule has 10 heteroatoms. The van der Waals surface area contributed by atoms with Crippen LogP contribution in [0.5, 0.6) is 0 Å². The standard InChI is InChI=1S/C12H9N5O3S2/c1-21-12-15-14-11(9-3-2-6-20-9)16(12)13-7-8-4-5-10(22-8)17(18)19/h2-7H,1H3. The van der Waals surface area contributed by atoms with Crippen LogP contribution in [0.3, 0.4) is 0 Å². The van der Waals surface area contributed by atoms with Crippen molar-refractivity contribution in [1.29, 1.82) is 0 Å². The minimum absolute atomic E-state index is 0.0709. The van der Waals surface area contributed by atoms with Crippen molar-refractivity contribution < 1.29 is 9.34 Å². The zero-order chi connectivity index (χ0) is 15.5. The maximum atomic E-state index is 10.7. The van der Waals surface area contributed by atoms with Gasteiger partial charge in [-0.1, -0.05) is 23.1 Å². The van der Waals surface area contributed by atoms with Gasteiger partial charge in [-0.05, 0) is 24.5 Å². The molecule has 0 bridgehead atoms. The van der Waals surface area contributed by atoms with E-state index in [0.29, 0.717) is 21.6 Å². The van der Waals surface area contributed by atoms with Crippen LogP contribution in [0.4, 0.5) is 5.00 Å². The number of thiophene rings is 1. The number of rotatable bonds is 5. The predicted octanol–water partition coefficient (Wildman–Crippen LogP) is 3.11. The van der Waals surface area contributed by atoms with E-state index in [1.165, 1.54) is 28.7 Å². The number of hydrogen-bond acceptors (Lipinski definition) is 8. The summed E-state index contributed by atoms with van der Waals surface area (Å²) in [6.07, 6.45) is 4.94. The summed E-state index contributed by atoms with van der Waals surface area (Å²) >= 11 is 2.43. The Morgan fingerprint density at radius 2 is 2.32 bits per heavy atom. The lowest BCUT2D eigenvalue weighted by Gasteiger charge is -1.99. The molecular weight excluding hydrogens is 326 g/mol. The molecule has 3 aromatic heterocycles. The number of furan rings is 1. The van der Waals surface area contributed by atoms with E-state index in [0.717, 1.165) is 11.3 Å². The smallest absolute Gasteiger partial charge is 0.324 e. The summed E-state index contributed by atoms with van der Waals surface area (Å²) in [5.41, 5.74) is 0. The Labute approximate surface area is 132 Å². The third-order valence-electron chi connectivity index (χ3n) is 2.63. The number of thioether (sulfide) groups is 1. The molecule has 8 nitrogen and oxygen atoms in total. The first kappa shape index (κ1) is 14.5. The molecule has 3 aromatic rings. The van der Waals surface area contributed by atoms with E-state index < -0.39 is 4.92 Å². The molecule has 0 aliphatic heterocycles. The van der Waals surface area contributed by atoms with Crippen molar-refractivity contribution in [3.63, 3.8) is 0 Å². The maximum absolute atomic E-state index is 10.7. The van der Waals surface area contributed by atoms with Gasteiger partial charge in [0.05, 0.1) is 22.3 Å². The summed E-state index contributed by atoms with van der Waals surface area (Å²) in [5, 5.41) is 23.7. The first-order valence-corrected chi connectivity index (χ1v) is 8.05. The molecule has 0 amide bonds. The van der Waals surface area contributed by atoms with Gasteiger partial charge in [-0.2, -0.15) is 9.78 Å². The maximum Gasteiger partial charge on any atom is 0.324 e. The van der Waals surface area contributed by atoms with Crippen LogP contribution in [0.25, 0.3) is 11.6 Å². The molecule has 0 saturated heterocycles. The summed E-state index contributed by atoms with van der Waals surface area (Å²) in [5.74, 6) is 1.01. The lowest BCUT2D eigenvalue weighted by atomic mass is 10.4. The van der Waals surface area contributed by atoms with E-state index in [1.807, 2.05) is 6.26 Å². The van der Waals surface area contributed by atoms with Crippen molar-refractivity contribution in [2.24, 2.45) is 5.10 Å². The number of nitrogens with zero attached hydrogens (tertiary/aromatic N) is 5. The third-order valence-corrected chi connectivity index (χ3v) is 4.22.